The van der Waals surface area contributed by atoms with Crippen LogP contribution in [0.25, 0.3) is 11.5 Å². The number of nitrogens with one attached hydrogen (secondary N) is 1. The summed E-state index contributed by atoms with van der Waals surface area (Å²) in [4.78, 5) is 18.3. The van der Waals surface area contributed by atoms with E-state index in [-0.39, 0.29) is 5.91 Å². The fourth-order valence-electron chi connectivity index (χ4n) is 3.06. The summed E-state index contributed by atoms with van der Waals surface area (Å²) in [5, 5.41) is 7.07. The molecule has 1 N–H and O–H groups in total. The van der Waals surface area contributed by atoms with Gasteiger partial charge >= 0.3 is 0 Å². The molecule has 3 aromatic heterocycles. The quantitative estimate of drug-likeness (QED) is 0.678. The van der Waals surface area contributed by atoms with E-state index < -0.39 is 0 Å². The highest BCUT2D eigenvalue weighted by Crippen LogP contribution is 2.24. The first-order valence-corrected chi connectivity index (χ1v) is 10.1. The molecule has 0 unspecified atom stereocenters. The maximum atomic E-state index is 12.7. The van der Waals surface area contributed by atoms with Gasteiger partial charge in [-0.2, -0.15) is 5.10 Å². The first-order chi connectivity index (χ1) is 12.6. The first-order valence-electron chi connectivity index (χ1n) is 8.46. The number of rotatable bonds is 4. The van der Waals surface area contributed by atoms with E-state index in [0.717, 1.165) is 34.9 Å². The Balaban J connectivity index is 1.35. The van der Waals surface area contributed by atoms with Crippen molar-refractivity contribution in [1.29, 1.82) is 0 Å². The molecule has 1 saturated heterocycles. The van der Waals surface area contributed by atoms with Crippen LogP contribution in [0.15, 0.2) is 38.5 Å². The normalized spacial score (nSPS) is 15.5. The summed E-state index contributed by atoms with van der Waals surface area (Å²) < 4.78 is 6.73. The summed E-state index contributed by atoms with van der Waals surface area (Å²) in [7, 11) is 0. The molecule has 4 heterocycles. The van der Waals surface area contributed by atoms with Gasteiger partial charge in [0.1, 0.15) is 11.5 Å². The van der Waals surface area contributed by atoms with Gasteiger partial charge in [0, 0.05) is 43.7 Å². The van der Waals surface area contributed by atoms with Crippen LogP contribution in [-0.4, -0.2) is 52.1 Å². The van der Waals surface area contributed by atoms with Crippen LogP contribution in [0.4, 0.5) is 0 Å². The number of hydrogen-bond donors (Lipinski definition) is 1. The predicted octanol–water partition coefficient (Wildman–Crippen LogP) is 3.76. The van der Waals surface area contributed by atoms with Gasteiger partial charge in [-0.3, -0.25) is 14.8 Å². The number of aryl methyl sites for hydroxylation is 1. The Morgan fingerprint density at radius 2 is 2.08 bits per heavy atom. The third kappa shape index (κ3) is 3.77. The van der Waals surface area contributed by atoms with E-state index in [2.05, 4.69) is 43.2 Å². The molecule has 8 heteroatoms. The minimum atomic E-state index is -0.0331. The number of aromatic nitrogens is 2. The van der Waals surface area contributed by atoms with Gasteiger partial charge in [-0.1, -0.05) is 0 Å². The Kier molecular flexibility index (Phi) is 4.97. The maximum absolute atomic E-state index is 12.7. The molecule has 1 fully saturated rings. The third-order valence-electron chi connectivity index (χ3n) is 4.47. The van der Waals surface area contributed by atoms with Crippen molar-refractivity contribution >= 4 is 33.2 Å². The Morgan fingerprint density at radius 3 is 2.73 bits per heavy atom. The molecule has 26 heavy (non-hydrogen) atoms. The van der Waals surface area contributed by atoms with Crippen LogP contribution in [0.3, 0.4) is 0 Å². The van der Waals surface area contributed by atoms with Crippen LogP contribution in [0.5, 0.6) is 0 Å². The largest absolute Gasteiger partial charge is 0.460 e. The molecule has 0 spiro atoms. The lowest BCUT2D eigenvalue weighted by Crippen LogP contribution is -2.48. The number of carbonyl (C=O) groups is 1. The van der Waals surface area contributed by atoms with Gasteiger partial charge in [-0.05, 0) is 47.1 Å². The van der Waals surface area contributed by atoms with E-state index in [4.69, 9.17) is 4.42 Å². The van der Waals surface area contributed by atoms with Crippen molar-refractivity contribution in [1.82, 2.24) is 20.0 Å². The summed E-state index contributed by atoms with van der Waals surface area (Å²) in [6, 6.07) is 9.75. The molecule has 136 valence electrons. The molecule has 0 radical (unpaired) electrons. The lowest BCUT2D eigenvalue weighted by Gasteiger charge is -2.34. The molecular weight excluding hydrogens is 416 g/mol. The number of halogens is 1. The van der Waals surface area contributed by atoms with Gasteiger partial charge < -0.3 is 9.32 Å². The lowest BCUT2D eigenvalue weighted by molar-refractivity contribution is 0.0624. The number of hydrogen-bond acceptors (Lipinski definition) is 5. The van der Waals surface area contributed by atoms with Gasteiger partial charge in [-0.25, -0.2) is 0 Å². The highest BCUT2D eigenvalue weighted by molar-refractivity contribution is 9.11. The molecule has 6 nitrogen and oxygen atoms in total. The third-order valence-corrected chi connectivity index (χ3v) is 6.08. The average Bonchev–Trinajstić information content (AvgIpc) is 3.36. The number of thiophene rings is 1. The van der Waals surface area contributed by atoms with E-state index in [9.17, 15) is 4.79 Å². The lowest BCUT2D eigenvalue weighted by atomic mass is 10.2. The molecule has 0 bridgehead atoms. The summed E-state index contributed by atoms with van der Waals surface area (Å²) in [6.07, 6.45) is 0. The molecule has 0 aromatic carbocycles. The van der Waals surface area contributed by atoms with Gasteiger partial charge in [0.2, 0.25) is 0 Å². The number of H-pyrrole nitrogens is 1. The summed E-state index contributed by atoms with van der Waals surface area (Å²) in [5.74, 6) is 1.49. The summed E-state index contributed by atoms with van der Waals surface area (Å²) in [6.45, 7) is 6.00. The van der Waals surface area contributed by atoms with Crippen molar-refractivity contribution in [2.24, 2.45) is 0 Å². The number of piperazine rings is 1. The van der Waals surface area contributed by atoms with E-state index in [1.165, 1.54) is 4.88 Å². The fourth-order valence-corrected chi connectivity index (χ4v) is 4.59. The Bertz CT molecular complexity index is 908. The smallest absolute Gasteiger partial charge is 0.274 e. The fraction of sp³-hybridized carbons (Fsp3) is 0.333. The van der Waals surface area contributed by atoms with Gasteiger partial charge in [0.05, 0.1) is 3.79 Å². The molecule has 1 amide bonds. The Labute approximate surface area is 163 Å². The second-order valence-corrected chi connectivity index (χ2v) is 8.90. The molecule has 1 aliphatic rings. The Morgan fingerprint density at radius 1 is 1.27 bits per heavy atom. The van der Waals surface area contributed by atoms with Crippen LogP contribution >= 0.6 is 27.3 Å². The first kappa shape index (κ1) is 17.5. The van der Waals surface area contributed by atoms with Crippen molar-refractivity contribution in [3.63, 3.8) is 0 Å². The minimum absolute atomic E-state index is 0.0331. The average molecular weight is 435 g/mol. The van der Waals surface area contributed by atoms with E-state index in [1.807, 2.05) is 24.0 Å². The summed E-state index contributed by atoms with van der Waals surface area (Å²) in [5.41, 5.74) is 1.16. The van der Waals surface area contributed by atoms with E-state index in [0.29, 0.717) is 24.5 Å². The number of aromatic amines is 1. The van der Waals surface area contributed by atoms with Crippen LogP contribution < -0.4 is 0 Å². The maximum Gasteiger partial charge on any atom is 0.274 e. The highest BCUT2D eigenvalue weighted by Gasteiger charge is 2.24. The minimum Gasteiger partial charge on any atom is -0.460 e. The van der Waals surface area contributed by atoms with Crippen LogP contribution in [0.1, 0.15) is 21.1 Å². The number of nitrogens with zero attached hydrogens (tertiary/aromatic N) is 3. The summed E-state index contributed by atoms with van der Waals surface area (Å²) >= 11 is 5.26. The highest BCUT2D eigenvalue weighted by atomic mass is 79.9. The van der Waals surface area contributed by atoms with Crippen molar-refractivity contribution < 1.29 is 9.21 Å². The monoisotopic (exact) mass is 434 g/mol. The zero-order valence-corrected chi connectivity index (χ0v) is 16.8. The Hall–Kier alpha value is -1.90. The molecule has 3 aromatic rings. The van der Waals surface area contributed by atoms with Crippen molar-refractivity contribution in [3.8, 4) is 11.5 Å². The number of amides is 1. The van der Waals surface area contributed by atoms with Crippen LogP contribution in [-0.2, 0) is 6.54 Å². The molecular formula is C18H19BrN4O2S. The molecule has 0 aliphatic carbocycles. The van der Waals surface area contributed by atoms with Gasteiger partial charge in [0.15, 0.2) is 11.5 Å². The number of carbonyl (C=O) groups excluding carboxylic acids is 1. The SMILES string of the molecule is Cc1ccc(-c2cc(C(=O)N3CCN(Cc4ccc(Br)s4)CC3)n[nH]2)o1. The standard InChI is InChI=1S/C18H19BrN4O2S/c1-12-2-4-16(25-12)14-10-15(21-20-14)18(24)23-8-6-22(7-9-23)11-13-3-5-17(19)26-13/h2-5,10H,6-9,11H2,1H3,(H,20,21). The molecule has 1 aliphatic heterocycles. The zero-order valence-electron chi connectivity index (χ0n) is 14.4. The van der Waals surface area contributed by atoms with Crippen LogP contribution in [0.2, 0.25) is 0 Å². The predicted molar refractivity (Wildman–Crippen MR) is 104 cm³/mol. The van der Waals surface area contributed by atoms with Crippen LogP contribution in [0, 0.1) is 6.92 Å². The second-order valence-electron chi connectivity index (χ2n) is 6.35. The van der Waals surface area contributed by atoms with Crippen molar-refractivity contribution in [3.05, 3.63) is 50.4 Å². The van der Waals surface area contributed by atoms with Crippen molar-refractivity contribution in [2.75, 3.05) is 26.2 Å². The van der Waals surface area contributed by atoms with E-state index >= 15 is 0 Å². The molecule has 0 atom stereocenters. The van der Waals surface area contributed by atoms with Crippen molar-refractivity contribution in [2.45, 2.75) is 13.5 Å². The van der Waals surface area contributed by atoms with Gasteiger partial charge in [-0.15, -0.1) is 11.3 Å². The molecule has 4 rings (SSSR count). The van der Waals surface area contributed by atoms with Gasteiger partial charge in [0.25, 0.3) is 5.91 Å². The number of furan rings is 1. The zero-order chi connectivity index (χ0) is 18.1. The second kappa shape index (κ2) is 7.38. The van der Waals surface area contributed by atoms with E-state index in [1.54, 1.807) is 17.4 Å². The molecule has 0 saturated carbocycles. The topological polar surface area (TPSA) is 65.4 Å².